The number of anilines is 3. The number of esters is 2. The quantitative estimate of drug-likeness (QED) is 0.158. The SMILES string of the molecule is CC.COC(=O)c1cccc(C(=O)OC)c1N(c1cccc(-c2ccc(C(C)(C)C)nc2)n1)c1cccc(-c2ccc(C(C)(C)C)nc2)n1. The van der Waals surface area contributed by atoms with Crippen molar-refractivity contribution >= 4 is 29.3 Å². The van der Waals surface area contributed by atoms with Gasteiger partial charge in [0.2, 0.25) is 0 Å². The van der Waals surface area contributed by atoms with Crippen LogP contribution in [-0.2, 0) is 20.3 Å². The van der Waals surface area contributed by atoms with Gasteiger partial charge in [-0.1, -0.05) is 73.6 Å². The molecule has 9 nitrogen and oxygen atoms in total. The molecule has 0 amide bonds. The second-order valence-electron chi connectivity index (χ2n) is 13.1. The molecule has 0 unspecified atom stereocenters. The minimum atomic E-state index is -0.632. The van der Waals surface area contributed by atoms with Gasteiger partial charge in [0, 0.05) is 45.7 Å². The van der Waals surface area contributed by atoms with Gasteiger partial charge in [-0.25, -0.2) is 19.6 Å². The van der Waals surface area contributed by atoms with Crippen LogP contribution in [0.1, 0.15) is 87.5 Å². The molecular weight excluding hydrogens is 614 g/mol. The van der Waals surface area contributed by atoms with Crippen LogP contribution in [-0.4, -0.2) is 46.1 Å². The molecule has 0 aliphatic carbocycles. The highest BCUT2D eigenvalue weighted by Gasteiger charge is 2.29. The van der Waals surface area contributed by atoms with Crippen molar-refractivity contribution in [2.45, 2.75) is 66.2 Å². The maximum atomic E-state index is 13.2. The molecule has 9 heteroatoms. The second-order valence-corrected chi connectivity index (χ2v) is 13.1. The third kappa shape index (κ3) is 8.17. The summed E-state index contributed by atoms with van der Waals surface area (Å²) < 4.78 is 10.3. The molecule has 0 aliphatic rings. The van der Waals surface area contributed by atoms with E-state index in [4.69, 9.17) is 19.4 Å². The largest absolute Gasteiger partial charge is 0.465 e. The van der Waals surface area contributed by atoms with Crippen molar-refractivity contribution in [3.8, 4) is 22.5 Å². The van der Waals surface area contributed by atoms with E-state index >= 15 is 0 Å². The monoisotopic (exact) mass is 659 g/mol. The summed E-state index contributed by atoms with van der Waals surface area (Å²) in [7, 11) is 2.59. The number of ether oxygens (including phenoxy) is 2. The summed E-state index contributed by atoms with van der Waals surface area (Å²) in [5.41, 5.74) is 5.12. The number of para-hydroxylation sites is 1. The van der Waals surface area contributed by atoms with E-state index in [0.717, 1.165) is 22.5 Å². The van der Waals surface area contributed by atoms with Crippen LogP contribution >= 0.6 is 0 Å². The van der Waals surface area contributed by atoms with Crippen molar-refractivity contribution in [1.82, 2.24) is 19.9 Å². The first kappa shape index (κ1) is 36.4. The maximum absolute atomic E-state index is 13.2. The van der Waals surface area contributed by atoms with Gasteiger partial charge in [0.15, 0.2) is 0 Å². The first-order valence-corrected chi connectivity index (χ1v) is 16.3. The molecule has 0 bridgehead atoms. The highest BCUT2D eigenvalue weighted by Crippen LogP contribution is 2.39. The van der Waals surface area contributed by atoms with E-state index < -0.39 is 11.9 Å². The van der Waals surface area contributed by atoms with Crippen molar-refractivity contribution in [3.05, 3.63) is 114 Å². The number of carbonyl (C=O) groups is 2. The summed E-state index contributed by atoms with van der Waals surface area (Å²) in [5.74, 6) is -0.441. The summed E-state index contributed by atoms with van der Waals surface area (Å²) in [5, 5.41) is 0. The van der Waals surface area contributed by atoms with Crippen LogP contribution in [0, 0.1) is 0 Å². The van der Waals surface area contributed by atoms with Crippen LogP contribution in [0.25, 0.3) is 22.5 Å². The fourth-order valence-corrected chi connectivity index (χ4v) is 5.08. The first-order chi connectivity index (χ1) is 23.3. The number of methoxy groups -OCH3 is 2. The zero-order chi connectivity index (χ0) is 35.9. The minimum absolute atomic E-state index is 0.105. The van der Waals surface area contributed by atoms with Gasteiger partial charge in [0.05, 0.1) is 42.4 Å². The zero-order valence-corrected chi connectivity index (χ0v) is 30.0. The van der Waals surface area contributed by atoms with E-state index in [2.05, 4.69) is 51.5 Å². The highest BCUT2D eigenvalue weighted by atomic mass is 16.5. The Hall–Kier alpha value is -5.44. The molecule has 0 N–H and O–H groups in total. The molecule has 4 aromatic heterocycles. The molecule has 0 saturated carbocycles. The molecule has 0 atom stereocenters. The zero-order valence-electron chi connectivity index (χ0n) is 30.0. The Labute approximate surface area is 289 Å². The highest BCUT2D eigenvalue weighted by molar-refractivity contribution is 6.07. The van der Waals surface area contributed by atoms with Crippen LogP contribution in [0.15, 0.2) is 91.3 Å². The van der Waals surface area contributed by atoms with Gasteiger partial charge in [0.1, 0.15) is 11.6 Å². The van der Waals surface area contributed by atoms with Crippen molar-refractivity contribution in [2.75, 3.05) is 19.1 Å². The first-order valence-electron chi connectivity index (χ1n) is 16.3. The lowest BCUT2D eigenvalue weighted by Gasteiger charge is -2.27. The standard InChI is InChI=1S/C38H39N5O4.C2H6/c1-37(2,3)30-20-18-24(22-39-30)28-14-10-16-32(41-28)43(34-26(35(44)46-7)12-9-13-27(34)36(45)47-8)33-17-11-15-29(42-33)25-19-21-31(40-23-25)38(4,5)6;1-2/h9-23H,1-8H3;1-2H3. The average Bonchev–Trinajstić information content (AvgIpc) is 3.11. The molecule has 0 aliphatic heterocycles. The molecule has 0 fully saturated rings. The third-order valence-corrected chi connectivity index (χ3v) is 7.65. The van der Waals surface area contributed by atoms with E-state index in [0.29, 0.717) is 23.0 Å². The average molecular weight is 660 g/mol. The van der Waals surface area contributed by atoms with Gasteiger partial charge in [-0.15, -0.1) is 0 Å². The van der Waals surface area contributed by atoms with Crippen LogP contribution in [0.2, 0.25) is 0 Å². The van der Waals surface area contributed by atoms with Gasteiger partial charge in [-0.3, -0.25) is 14.9 Å². The molecule has 0 radical (unpaired) electrons. The molecule has 5 aromatic rings. The molecular formula is C40H45N5O4. The Morgan fingerprint density at radius 3 is 1.29 bits per heavy atom. The summed E-state index contributed by atoms with van der Waals surface area (Å²) in [4.78, 5) is 47.5. The van der Waals surface area contributed by atoms with Gasteiger partial charge in [-0.05, 0) is 60.7 Å². The topological polar surface area (TPSA) is 107 Å². The Morgan fingerprint density at radius 2 is 0.959 bits per heavy atom. The Kier molecular flexibility index (Phi) is 11.3. The van der Waals surface area contributed by atoms with Crippen molar-refractivity contribution < 1.29 is 19.1 Å². The van der Waals surface area contributed by atoms with E-state index in [1.165, 1.54) is 14.2 Å². The number of benzene rings is 1. The minimum Gasteiger partial charge on any atom is -0.465 e. The number of hydrogen-bond donors (Lipinski definition) is 0. The molecule has 5 rings (SSSR count). The van der Waals surface area contributed by atoms with Gasteiger partial charge < -0.3 is 9.47 Å². The predicted octanol–water partition coefficient (Wildman–Crippen LogP) is 9.26. The fourth-order valence-electron chi connectivity index (χ4n) is 5.08. The molecule has 0 spiro atoms. The van der Waals surface area contributed by atoms with Crippen LogP contribution < -0.4 is 4.90 Å². The third-order valence-electron chi connectivity index (χ3n) is 7.65. The Morgan fingerprint density at radius 1 is 0.571 bits per heavy atom. The van der Waals surface area contributed by atoms with Crippen LogP contribution in [0.4, 0.5) is 17.3 Å². The smallest absolute Gasteiger partial charge is 0.340 e. The van der Waals surface area contributed by atoms with E-state index in [1.54, 1.807) is 47.6 Å². The molecule has 4 heterocycles. The number of nitrogens with zero attached hydrogens (tertiary/aromatic N) is 5. The normalized spacial score (nSPS) is 11.2. The maximum Gasteiger partial charge on any atom is 0.340 e. The summed E-state index contributed by atoms with van der Waals surface area (Å²) in [6, 6.07) is 23.8. The summed E-state index contributed by atoms with van der Waals surface area (Å²) >= 11 is 0. The molecule has 1 aromatic carbocycles. The number of pyridine rings is 4. The fraction of sp³-hybridized carbons (Fsp3) is 0.300. The van der Waals surface area contributed by atoms with Crippen molar-refractivity contribution in [3.63, 3.8) is 0 Å². The lowest BCUT2D eigenvalue weighted by Crippen LogP contribution is -2.21. The molecule has 49 heavy (non-hydrogen) atoms. The second kappa shape index (κ2) is 15.2. The Balaban J connectivity index is 0.00000265. The van der Waals surface area contributed by atoms with Crippen LogP contribution in [0.3, 0.4) is 0 Å². The van der Waals surface area contributed by atoms with E-state index in [9.17, 15) is 9.59 Å². The van der Waals surface area contributed by atoms with Crippen molar-refractivity contribution in [2.24, 2.45) is 0 Å². The summed E-state index contributed by atoms with van der Waals surface area (Å²) in [6.45, 7) is 16.7. The van der Waals surface area contributed by atoms with E-state index in [1.807, 2.05) is 62.4 Å². The van der Waals surface area contributed by atoms with Gasteiger partial charge in [-0.2, -0.15) is 0 Å². The van der Waals surface area contributed by atoms with E-state index in [-0.39, 0.29) is 27.6 Å². The lowest BCUT2D eigenvalue weighted by molar-refractivity contribution is 0.0601. The van der Waals surface area contributed by atoms with Gasteiger partial charge in [0.25, 0.3) is 0 Å². The van der Waals surface area contributed by atoms with Crippen molar-refractivity contribution in [1.29, 1.82) is 0 Å². The number of hydrogen-bond acceptors (Lipinski definition) is 9. The molecule has 254 valence electrons. The van der Waals surface area contributed by atoms with Crippen LogP contribution in [0.5, 0.6) is 0 Å². The summed E-state index contributed by atoms with van der Waals surface area (Å²) in [6.07, 6.45) is 3.60. The number of carbonyl (C=O) groups excluding carboxylic acids is 2. The Bertz CT molecular complexity index is 1770. The lowest BCUT2D eigenvalue weighted by atomic mass is 9.91. The van der Waals surface area contributed by atoms with Gasteiger partial charge >= 0.3 is 11.9 Å². The number of aromatic nitrogens is 4. The molecule has 0 saturated heterocycles. The predicted molar refractivity (Wildman–Crippen MR) is 195 cm³/mol. The number of rotatable bonds is 7.